The number of carbonyl (C=O) groups is 1. The SMILES string of the molecule is N#Cc1ccc2cc(COc3ccc4c(c3)C(NC(=O)NCc3cccnc3)CCC4)ccc2c1. The summed E-state index contributed by atoms with van der Waals surface area (Å²) in [6, 6.07) is 23.7. The predicted molar refractivity (Wildman–Crippen MR) is 135 cm³/mol. The van der Waals surface area contributed by atoms with Gasteiger partial charge in [0.2, 0.25) is 0 Å². The first-order chi connectivity index (χ1) is 17.2. The van der Waals surface area contributed by atoms with E-state index in [0.717, 1.165) is 52.5 Å². The van der Waals surface area contributed by atoms with Crippen molar-refractivity contribution in [2.24, 2.45) is 0 Å². The minimum Gasteiger partial charge on any atom is -0.489 e. The molecule has 0 radical (unpaired) electrons. The first-order valence-corrected chi connectivity index (χ1v) is 11.8. The number of hydrogen-bond acceptors (Lipinski definition) is 4. The van der Waals surface area contributed by atoms with Crippen molar-refractivity contribution in [2.45, 2.75) is 38.5 Å². The van der Waals surface area contributed by atoms with Gasteiger partial charge in [0.25, 0.3) is 0 Å². The van der Waals surface area contributed by atoms with Gasteiger partial charge in [-0.1, -0.05) is 30.3 Å². The summed E-state index contributed by atoms with van der Waals surface area (Å²) in [5.74, 6) is 0.785. The van der Waals surface area contributed by atoms with Crippen LogP contribution in [0.15, 0.2) is 79.1 Å². The average molecular weight is 463 g/mol. The number of hydrogen-bond donors (Lipinski definition) is 2. The standard InChI is InChI=1S/C29H26N4O2/c30-16-20-6-8-25-14-21(7-9-24(25)13-20)19-35-26-11-10-23-4-1-5-28(27(23)15-26)33-29(34)32-18-22-3-2-12-31-17-22/h2-3,6-15,17,28H,1,4-5,18-19H2,(H2,32,33,34). The average Bonchev–Trinajstić information content (AvgIpc) is 2.91. The van der Waals surface area contributed by atoms with Crippen LogP contribution >= 0.6 is 0 Å². The van der Waals surface area contributed by atoms with E-state index < -0.39 is 0 Å². The van der Waals surface area contributed by atoms with Gasteiger partial charge in [0, 0.05) is 18.9 Å². The number of amides is 2. The number of urea groups is 1. The largest absolute Gasteiger partial charge is 0.489 e. The topological polar surface area (TPSA) is 87.0 Å². The molecule has 0 bridgehead atoms. The second kappa shape index (κ2) is 10.3. The second-order valence-corrected chi connectivity index (χ2v) is 8.79. The van der Waals surface area contributed by atoms with Crippen LogP contribution in [0.3, 0.4) is 0 Å². The molecule has 174 valence electrons. The Bertz CT molecular complexity index is 1400. The summed E-state index contributed by atoms with van der Waals surface area (Å²) in [5.41, 5.74) is 5.04. The molecule has 1 unspecified atom stereocenters. The third-order valence-corrected chi connectivity index (χ3v) is 6.35. The lowest BCUT2D eigenvalue weighted by molar-refractivity contribution is 0.235. The number of benzene rings is 3. The molecule has 4 aromatic rings. The van der Waals surface area contributed by atoms with E-state index in [1.54, 1.807) is 12.4 Å². The van der Waals surface area contributed by atoms with Gasteiger partial charge in [0.05, 0.1) is 17.7 Å². The number of carbonyl (C=O) groups excluding carboxylic acids is 1. The van der Waals surface area contributed by atoms with E-state index in [1.807, 2.05) is 48.5 Å². The zero-order valence-corrected chi connectivity index (χ0v) is 19.3. The highest BCUT2D eigenvalue weighted by molar-refractivity contribution is 5.84. The van der Waals surface area contributed by atoms with E-state index in [9.17, 15) is 4.79 Å². The number of pyridine rings is 1. The first kappa shape index (κ1) is 22.4. The van der Waals surface area contributed by atoms with Crippen molar-refractivity contribution >= 4 is 16.8 Å². The smallest absolute Gasteiger partial charge is 0.315 e. The highest BCUT2D eigenvalue weighted by Gasteiger charge is 2.22. The van der Waals surface area contributed by atoms with E-state index in [0.29, 0.717) is 18.7 Å². The lowest BCUT2D eigenvalue weighted by atomic mass is 9.87. The molecule has 1 atom stereocenters. The second-order valence-electron chi connectivity index (χ2n) is 8.79. The van der Waals surface area contributed by atoms with Crippen molar-refractivity contribution < 1.29 is 9.53 Å². The zero-order valence-electron chi connectivity index (χ0n) is 19.3. The van der Waals surface area contributed by atoms with E-state index in [4.69, 9.17) is 10.00 Å². The van der Waals surface area contributed by atoms with E-state index in [1.165, 1.54) is 5.56 Å². The Hall–Kier alpha value is -4.37. The number of rotatable bonds is 6. The van der Waals surface area contributed by atoms with E-state index in [2.05, 4.69) is 39.9 Å². The number of nitrogens with one attached hydrogen (secondary N) is 2. The fourth-order valence-corrected chi connectivity index (χ4v) is 4.53. The van der Waals surface area contributed by atoms with Crippen LogP contribution < -0.4 is 15.4 Å². The van der Waals surface area contributed by atoms with E-state index >= 15 is 0 Å². The summed E-state index contributed by atoms with van der Waals surface area (Å²) in [5, 5.41) is 17.3. The third-order valence-electron chi connectivity index (χ3n) is 6.35. The van der Waals surface area contributed by atoms with Crippen LogP contribution in [0.5, 0.6) is 5.75 Å². The molecular weight excluding hydrogens is 436 g/mol. The van der Waals surface area contributed by atoms with Crippen LogP contribution in [-0.2, 0) is 19.6 Å². The summed E-state index contributed by atoms with van der Waals surface area (Å²) < 4.78 is 6.12. The highest BCUT2D eigenvalue weighted by atomic mass is 16.5. The zero-order chi connectivity index (χ0) is 24.0. The van der Waals surface area contributed by atoms with Crippen molar-refractivity contribution in [3.63, 3.8) is 0 Å². The molecular formula is C29H26N4O2. The van der Waals surface area contributed by atoms with Gasteiger partial charge >= 0.3 is 6.03 Å². The van der Waals surface area contributed by atoms with Gasteiger partial charge in [-0.15, -0.1) is 0 Å². The molecule has 5 rings (SSSR count). The van der Waals surface area contributed by atoms with Crippen LogP contribution in [0.2, 0.25) is 0 Å². The maximum absolute atomic E-state index is 12.5. The van der Waals surface area contributed by atoms with Crippen molar-refractivity contribution in [3.8, 4) is 11.8 Å². The predicted octanol–water partition coefficient (Wildman–Crippen LogP) is 5.56. The van der Waals surface area contributed by atoms with Gasteiger partial charge in [-0.25, -0.2) is 4.79 Å². The molecule has 2 amide bonds. The third kappa shape index (κ3) is 5.42. The van der Waals surface area contributed by atoms with Crippen molar-refractivity contribution in [2.75, 3.05) is 0 Å². The van der Waals surface area contributed by atoms with Gasteiger partial charge in [-0.3, -0.25) is 4.98 Å². The molecule has 1 aliphatic carbocycles. The molecule has 6 nitrogen and oxygen atoms in total. The summed E-state index contributed by atoms with van der Waals surface area (Å²) >= 11 is 0. The van der Waals surface area contributed by atoms with Crippen LogP contribution in [0, 0.1) is 11.3 Å². The fraction of sp³-hybridized carbons (Fsp3) is 0.207. The number of nitrogens with zero attached hydrogens (tertiary/aromatic N) is 2. The summed E-state index contributed by atoms with van der Waals surface area (Å²) in [6.45, 7) is 0.879. The number of fused-ring (bicyclic) bond motifs is 2. The fourth-order valence-electron chi connectivity index (χ4n) is 4.53. The number of ether oxygens (including phenoxy) is 1. The Balaban J connectivity index is 1.24. The molecule has 1 heterocycles. The van der Waals surface area contributed by atoms with Crippen molar-refractivity contribution in [1.82, 2.24) is 15.6 Å². The molecule has 0 saturated heterocycles. The molecule has 35 heavy (non-hydrogen) atoms. The number of aromatic nitrogens is 1. The molecule has 3 aromatic carbocycles. The monoisotopic (exact) mass is 462 g/mol. The Morgan fingerprint density at radius 2 is 1.94 bits per heavy atom. The van der Waals surface area contributed by atoms with Gasteiger partial charge < -0.3 is 15.4 Å². The lowest BCUT2D eigenvalue weighted by Crippen LogP contribution is -2.38. The minimum atomic E-state index is -0.186. The normalized spacial score (nSPS) is 14.5. The first-order valence-electron chi connectivity index (χ1n) is 11.8. The van der Waals surface area contributed by atoms with Crippen LogP contribution in [-0.4, -0.2) is 11.0 Å². The van der Waals surface area contributed by atoms with Gasteiger partial charge in [0.15, 0.2) is 0 Å². The van der Waals surface area contributed by atoms with Gasteiger partial charge in [0.1, 0.15) is 12.4 Å². The summed E-state index contributed by atoms with van der Waals surface area (Å²) in [6.07, 6.45) is 6.39. The summed E-state index contributed by atoms with van der Waals surface area (Å²) in [4.78, 5) is 16.6. The summed E-state index contributed by atoms with van der Waals surface area (Å²) in [7, 11) is 0. The highest BCUT2D eigenvalue weighted by Crippen LogP contribution is 2.33. The number of aryl methyl sites for hydroxylation is 1. The molecule has 0 aliphatic heterocycles. The van der Waals surface area contributed by atoms with Crippen LogP contribution in [0.4, 0.5) is 4.79 Å². The Kier molecular flexibility index (Phi) is 6.58. The lowest BCUT2D eigenvalue weighted by Gasteiger charge is -2.27. The molecule has 0 fully saturated rings. The maximum atomic E-state index is 12.5. The van der Waals surface area contributed by atoms with Crippen molar-refractivity contribution in [3.05, 3.63) is 107 Å². The van der Waals surface area contributed by atoms with Gasteiger partial charge in [-0.05, 0) is 88.7 Å². The molecule has 2 N–H and O–H groups in total. The quantitative estimate of drug-likeness (QED) is 0.393. The Labute approximate surface area is 204 Å². The van der Waals surface area contributed by atoms with Crippen LogP contribution in [0.25, 0.3) is 10.8 Å². The molecule has 1 aromatic heterocycles. The van der Waals surface area contributed by atoms with Crippen molar-refractivity contribution in [1.29, 1.82) is 5.26 Å². The Morgan fingerprint density at radius 3 is 2.80 bits per heavy atom. The number of nitriles is 1. The maximum Gasteiger partial charge on any atom is 0.315 e. The molecule has 0 saturated carbocycles. The molecule has 0 spiro atoms. The minimum absolute atomic E-state index is 0.0498. The molecule has 6 heteroatoms. The Morgan fingerprint density at radius 1 is 1.06 bits per heavy atom. The molecule has 1 aliphatic rings. The van der Waals surface area contributed by atoms with E-state index in [-0.39, 0.29) is 12.1 Å². The van der Waals surface area contributed by atoms with Gasteiger partial charge in [-0.2, -0.15) is 5.26 Å². The van der Waals surface area contributed by atoms with Crippen LogP contribution in [0.1, 0.15) is 46.7 Å².